The summed E-state index contributed by atoms with van der Waals surface area (Å²) in [5.41, 5.74) is 0.544. The number of hydrogen-bond donors (Lipinski definition) is 1. The van der Waals surface area contributed by atoms with Crippen LogP contribution in [0.3, 0.4) is 0 Å². The minimum absolute atomic E-state index is 0.131. The van der Waals surface area contributed by atoms with Crippen LogP contribution in [0.15, 0.2) is 30.3 Å². The average molecular weight is 291 g/mol. The molecule has 1 heterocycles. The lowest BCUT2D eigenvalue weighted by molar-refractivity contribution is -0.156. The molecule has 2 atom stereocenters. The number of hydrogen-bond acceptors (Lipinski definition) is 4. The third-order valence-corrected chi connectivity index (χ3v) is 4.12. The van der Waals surface area contributed by atoms with E-state index in [1.807, 2.05) is 18.2 Å². The molecule has 0 saturated carbocycles. The third-order valence-electron chi connectivity index (χ3n) is 4.12. The molecule has 4 nitrogen and oxygen atoms in total. The van der Waals surface area contributed by atoms with Crippen LogP contribution in [0, 0.1) is 0 Å². The topological polar surface area (TPSA) is 47.6 Å². The number of carbonyl (C=O) groups excluding carboxylic acids is 1. The molecule has 1 aromatic carbocycles. The Morgan fingerprint density at radius 3 is 2.86 bits per heavy atom. The molecule has 21 heavy (non-hydrogen) atoms. The van der Waals surface area contributed by atoms with Gasteiger partial charge in [0.15, 0.2) is 0 Å². The first kappa shape index (κ1) is 16.0. The zero-order chi connectivity index (χ0) is 15.1. The number of nitrogens with one attached hydrogen (secondary N) is 1. The maximum Gasteiger partial charge on any atom is 0.326 e. The molecule has 1 fully saturated rings. The molecule has 1 saturated heterocycles. The molecule has 0 aromatic heterocycles. The molecule has 0 radical (unpaired) electrons. The van der Waals surface area contributed by atoms with Crippen molar-refractivity contribution in [2.75, 3.05) is 13.7 Å². The van der Waals surface area contributed by atoms with Crippen molar-refractivity contribution in [2.24, 2.45) is 0 Å². The van der Waals surface area contributed by atoms with Gasteiger partial charge in [0, 0.05) is 19.6 Å². The normalized spacial score (nSPS) is 25.5. The molecule has 0 amide bonds. The van der Waals surface area contributed by atoms with Gasteiger partial charge in [0.2, 0.25) is 0 Å². The quantitative estimate of drug-likeness (QED) is 0.819. The van der Waals surface area contributed by atoms with E-state index >= 15 is 0 Å². The maximum atomic E-state index is 12.3. The molecule has 116 valence electrons. The first-order valence-corrected chi connectivity index (χ1v) is 7.69. The summed E-state index contributed by atoms with van der Waals surface area (Å²) in [6, 6.07) is 10.1. The molecule has 0 aliphatic carbocycles. The molecule has 2 rings (SSSR count). The van der Waals surface area contributed by atoms with Crippen molar-refractivity contribution in [3.05, 3.63) is 35.9 Å². The van der Waals surface area contributed by atoms with E-state index in [-0.39, 0.29) is 12.1 Å². The Kier molecular flexibility index (Phi) is 5.76. The van der Waals surface area contributed by atoms with Gasteiger partial charge in [-0.2, -0.15) is 0 Å². The fraction of sp³-hybridized carbons (Fsp3) is 0.588. The van der Waals surface area contributed by atoms with Crippen LogP contribution in [0.1, 0.15) is 38.2 Å². The molecular formula is C17H25NO3. The largest absolute Gasteiger partial charge is 0.468 e. The lowest BCUT2D eigenvalue weighted by atomic mass is 9.85. The van der Waals surface area contributed by atoms with Gasteiger partial charge in [-0.15, -0.1) is 0 Å². The second kappa shape index (κ2) is 7.57. The molecule has 1 aliphatic rings. The van der Waals surface area contributed by atoms with E-state index in [4.69, 9.17) is 9.47 Å². The molecule has 0 spiro atoms. The number of carbonyl (C=O) groups is 1. The SMILES string of the molecule is CCCC1CC(NCc2ccccc2)(C(=O)OC)CCO1. The van der Waals surface area contributed by atoms with E-state index in [9.17, 15) is 4.79 Å². The second-order valence-electron chi connectivity index (χ2n) is 5.65. The molecular weight excluding hydrogens is 266 g/mol. The van der Waals surface area contributed by atoms with Gasteiger partial charge in [-0.25, -0.2) is 0 Å². The summed E-state index contributed by atoms with van der Waals surface area (Å²) in [7, 11) is 1.46. The van der Waals surface area contributed by atoms with Crippen LogP contribution >= 0.6 is 0 Å². The van der Waals surface area contributed by atoms with Crippen LogP contribution in [0.4, 0.5) is 0 Å². The van der Waals surface area contributed by atoms with Crippen molar-refractivity contribution in [2.45, 2.75) is 50.8 Å². The van der Waals surface area contributed by atoms with Crippen LogP contribution in [0.25, 0.3) is 0 Å². The van der Waals surface area contributed by atoms with Crippen molar-refractivity contribution < 1.29 is 14.3 Å². The van der Waals surface area contributed by atoms with E-state index in [0.29, 0.717) is 26.0 Å². The standard InChI is InChI=1S/C17H25NO3/c1-3-7-15-12-17(10-11-21-15,16(19)20-2)18-13-14-8-5-4-6-9-14/h4-6,8-9,15,18H,3,7,10-13H2,1-2H3. The highest BCUT2D eigenvalue weighted by atomic mass is 16.5. The van der Waals surface area contributed by atoms with Crippen LogP contribution < -0.4 is 5.32 Å². The van der Waals surface area contributed by atoms with Gasteiger partial charge >= 0.3 is 5.97 Å². The van der Waals surface area contributed by atoms with Crippen LogP contribution in [-0.4, -0.2) is 31.3 Å². The monoisotopic (exact) mass is 291 g/mol. The maximum absolute atomic E-state index is 12.3. The molecule has 0 bridgehead atoms. The predicted molar refractivity (Wildman–Crippen MR) is 81.9 cm³/mol. The summed E-state index contributed by atoms with van der Waals surface area (Å²) in [5.74, 6) is -0.178. The third kappa shape index (κ3) is 4.05. The van der Waals surface area contributed by atoms with Gasteiger partial charge < -0.3 is 9.47 Å². The van der Waals surface area contributed by atoms with Crippen LogP contribution in [-0.2, 0) is 20.8 Å². The fourth-order valence-electron chi connectivity index (χ4n) is 2.94. The summed E-state index contributed by atoms with van der Waals surface area (Å²) in [6.45, 7) is 3.39. The minimum atomic E-state index is -0.622. The predicted octanol–water partition coefficient (Wildman–Crippen LogP) is 2.67. The minimum Gasteiger partial charge on any atom is -0.468 e. The Labute approximate surface area is 126 Å². The Morgan fingerprint density at radius 2 is 2.19 bits per heavy atom. The second-order valence-corrected chi connectivity index (χ2v) is 5.65. The van der Waals surface area contributed by atoms with E-state index < -0.39 is 5.54 Å². The number of benzene rings is 1. The van der Waals surface area contributed by atoms with Crippen molar-refractivity contribution in [3.63, 3.8) is 0 Å². The number of ether oxygens (including phenoxy) is 2. The van der Waals surface area contributed by atoms with E-state index in [0.717, 1.165) is 12.8 Å². The Morgan fingerprint density at radius 1 is 1.43 bits per heavy atom. The van der Waals surface area contributed by atoms with Crippen LogP contribution in [0.5, 0.6) is 0 Å². The van der Waals surface area contributed by atoms with Gasteiger partial charge in [-0.3, -0.25) is 10.1 Å². The van der Waals surface area contributed by atoms with Gasteiger partial charge in [-0.05, 0) is 18.4 Å². The number of methoxy groups -OCH3 is 1. The summed E-state index contributed by atoms with van der Waals surface area (Å²) in [4.78, 5) is 12.3. The Balaban J connectivity index is 2.07. The lowest BCUT2D eigenvalue weighted by Gasteiger charge is -2.39. The average Bonchev–Trinajstić information content (AvgIpc) is 2.54. The first-order chi connectivity index (χ1) is 10.2. The van der Waals surface area contributed by atoms with Crippen LogP contribution in [0.2, 0.25) is 0 Å². The van der Waals surface area contributed by atoms with Gasteiger partial charge in [-0.1, -0.05) is 43.7 Å². The van der Waals surface area contributed by atoms with Crippen molar-refractivity contribution in [3.8, 4) is 0 Å². The molecule has 4 heteroatoms. The zero-order valence-corrected chi connectivity index (χ0v) is 12.9. The van der Waals surface area contributed by atoms with Crippen molar-refractivity contribution in [1.82, 2.24) is 5.32 Å². The lowest BCUT2D eigenvalue weighted by Crippen LogP contribution is -2.57. The fourth-order valence-corrected chi connectivity index (χ4v) is 2.94. The summed E-state index contributed by atoms with van der Waals surface area (Å²) >= 11 is 0. The highest BCUT2D eigenvalue weighted by Crippen LogP contribution is 2.29. The number of rotatable bonds is 6. The smallest absolute Gasteiger partial charge is 0.326 e. The first-order valence-electron chi connectivity index (χ1n) is 7.69. The molecule has 1 aromatic rings. The van der Waals surface area contributed by atoms with Gasteiger partial charge in [0.1, 0.15) is 5.54 Å². The molecule has 1 aliphatic heterocycles. The van der Waals surface area contributed by atoms with Gasteiger partial charge in [0.05, 0.1) is 13.2 Å². The molecule has 1 N–H and O–H groups in total. The highest BCUT2D eigenvalue weighted by Gasteiger charge is 2.43. The van der Waals surface area contributed by atoms with E-state index in [1.54, 1.807) is 0 Å². The highest BCUT2D eigenvalue weighted by molar-refractivity contribution is 5.81. The van der Waals surface area contributed by atoms with Gasteiger partial charge in [0.25, 0.3) is 0 Å². The van der Waals surface area contributed by atoms with E-state index in [2.05, 4.69) is 24.4 Å². The zero-order valence-electron chi connectivity index (χ0n) is 12.9. The summed E-state index contributed by atoms with van der Waals surface area (Å²) in [6.07, 6.45) is 3.51. The van der Waals surface area contributed by atoms with E-state index in [1.165, 1.54) is 12.7 Å². The van der Waals surface area contributed by atoms with Crippen molar-refractivity contribution >= 4 is 5.97 Å². The Bertz CT molecular complexity index is 447. The summed E-state index contributed by atoms with van der Waals surface area (Å²) < 4.78 is 10.8. The number of esters is 1. The van der Waals surface area contributed by atoms with Crippen molar-refractivity contribution in [1.29, 1.82) is 0 Å². The summed E-state index contributed by atoms with van der Waals surface area (Å²) in [5, 5.41) is 3.44. The Hall–Kier alpha value is -1.39. The molecule has 2 unspecified atom stereocenters.